The highest BCUT2D eigenvalue weighted by Gasteiger charge is 2.37. The van der Waals surface area contributed by atoms with Gasteiger partial charge in [-0.1, -0.05) is 6.07 Å². The Kier molecular flexibility index (Phi) is 5.59. The van der Waals surface area contributed by atoms with Crippen LogP contribution in [0.2, 0.25) is 0 Å². The fourth-order valence-corrected chi connectivity index (χ4v) is 4.65. The van der Waals surface area contributed by atoms with E-state index in [1.54, 1.807) is 30.3 Å². The number of aryl methyl sites for hydroxylation is 1. The zero-order valence-electron chi connectivity index (χ0n) is 20.2. The van der Waals surface area contributed by atoms with Gasteiger partial charge in [-0.25, -0.2) is 9.37 Å². The summed E-state index contributed by atoms with van der Waals surface area (Å²) in [6.45, 7) is 1.51. The second kappa shape index (κ2) is 9.08. The van der Waals surface area contributed by atoms with Crippen molar-refractivity contribution in [1.29, 1.82) is 0 Å². The molecule has 1 fully saturated rings. The number of nitrogens with one attached hydrogen (secondary N) is 1. The van der Waals surface area contributed by atoms with E-state index in [-0.39, 0.29) is 18.9 Å². The van der Waals surface area contributed by atoms with Crippen LogP contribution in [0.4, 0.5) is 4.39 Å². The monoisotopic (exact) mass is 498 g/mol. The molecular weight excluding hydrogens is 475 g/mol. The summed E-state index contributed by atoms with van der Waals surface area (Å²) in [5.41, 5.74) is 3.62. The Morgan fingerprint density at radius 3 is 2.70 bits per heavy atom. The first-order valence-electron chi connectivity index (χ1n) is 11.8. The highest BCUT2D eigenvalue weighted by Crippen LogP contribution is 2.41. The molecule has 0 saturated carbocycles. The smallest absolute Gasteiger partial charge is 0.220 e. The number of alkyl halides is 1. The van der Waals surface area contributed by atoms with Crippen molar-refractivity contribution < 1.29 is 13.9 Å². The largest absolute Gasteiger partial charge is 0.457 e. The number of nitrogens with zero attached hydrogens (tertiary/aromatic N) is 7. The summed E-state index contributed by atoms with van der Waals surface area (Å²) in [4.78, 5) is 27.7. The maximum absolute atomic E-state index is 14.5. The van der Waals surface area contributed by atoms with Crippen LogP contribution >= 0.6 is 0 Å². The Hall–Kier alpha value is -4.67. The Morgan fingerprint density at radius 2 is 2.00 bits per heavy atom. The van der Waals surface area contributed by atoms with Crippen molar-refractivity contribution in [3.63, 3.8) is 0 Å². The minimum absolute atomic E-state index is 0.0550. The lowest BCUT2D eigenvalue weighted by Gasteiger charge is -2.25. The van der Waals surface area contributed by atoms with Crippen LogP contribution in [-0.2, 0) is 11.8 Å². The number of hydrogen-bond acceptors (Lipinski definition) is 7. The molecule has 1 aliphatic rings. The van der Waals surface area contributed by atoms with Gasteiger partial charge in [0.25, 0.3) is 0 Å². The van der Waals surface area contributed by atoms with E-state index in [1.807, 2.05) is 42.5 Å². The van der Waals surface area contributed by atoms with Crippen molar-refractivity contribution >= 4 is 16.9 Å². The predicted molar refractivity (Wildman–Crippen MR) is 133 cm³/mol. The molecule has 0 unspecified atom stereocenters. The van der Waals surface area contributed by atoms with E-state index in [4.69, 9.17) is 9.72 Å². The van der Waals surface area contributed by atoms with Crippen LogP contribution in [0, 0.1) is 0 Å². The van der Waals surface area contributed by atoms with E-state index < -0.39 is 12.2 Å². The van der Waals surface area contributed by atoms with Crippen molar-refractivity contribution in [3.8, 4) is 34.4 Å². The number of likely N-dealkylation sites (tertiary alicyclic amines) is 1. The van der Waals surface area contributed by atoms with E-state index in [1.165, 1.54) is 11.7 Å². The molecule has 2 atom stereocenters. The Morgan fingerprint density at radius 1 is 1.16 bits per heavy atom. The molecule has 6 rings (SSSR count). The molecule has 1 aliphatic heterocycles. The van der Waals surface area contributed by atoms with Gasteiger partial charge in [0.2, 0.25) is 11.7 Å². The third-order valence-corrected chi connectivity index (χ3v) is 6.38. The summed E-state index contributed by atoms with van der Waals surface area (Å²) < 4.78 is 20.8. The summed E-state index contributed by atoms with van der Waals surface area (Å²) in [5, 5.41) is 12.1. The molecule has 37 heavy (non-hydrogen) atoms. The van der Waals surface area contributed by atoms with E-state index in [0.717, 1.165) is 11.1 Å². The van der Waals surface area contributed by atoms with E-state index in [2.05, 4.69) is 25.4 Å². The molecule has 0 aliphatic carbocycles. The molecule has 0 bridgehead atoms. The van der Waals surface area contributed by atoms with Gasteiger partial charge in [-0.05, 0) is 47.7 Å². The molecule has 0 spiro atoms. The van der Waals surface area contributed by atoms with Crippen molar-refractivity contribution in [1.82, 2.24) is 40.1 Å². The molecule has 11 heteroatoms. The van der Waals surface area contributed by atoms with Gasteiger partial charge >= 0.3 is 0 Å². The first-order valence-corrected chi connectivity index (χ1v) is 11.8. The number of hydrogen-bond donors (Lipinski definition) is 1. The Bertz CT molecular complexity index is 1580. The number of amides is 1. The van der Waals surface area contributed by atoms with Crippen LogP contribution in [0.5, 0.6) is 11.5 Å². The lowest BCUT2D eigenvalue weighted by molar-refractivity contribution is -0.129. The topological polar surface area (TPSA) is 115 Å². The fraction of sp³-hybridized carbons (Fsp3) is 0.231. The van der Waals surface area contributed by atoms with Gasteiger partial charge in [-0.15, -0.1) is 10.2 Å². The number of fused-ring (bicyclic) bond motifs is 1. The first-order chi connectivity index (χ1) is 17.9. The number of aromatic nitrogens is 7. The van der Waals surface area contributed by atoms with Gasteiger partial charge < -0.3 is 14.6 Å². The third-order valence-electron chi connectivity index (χ3n) is 6.38. The summed E-state index contributed by atoms with van der Waals surface area (Å²) >= 11 is 0. The van der Waals surface area contributed by atoms with Gasteiger partial charge in [0, 0.05) is 36.7 Å². The van der Waals surface area contributed by atoms with Crippen LogP contribution in [0.1, 0.15) is 24.9 Å². The van der Waals surface area contributed by atoms with Gasteiger partial charge in [0.05, 0.1) is 30.7 Å². The van der Waals surface area contributed by atoms with E-state index in [9.17, 15) is 9.18 Å². The number of pyridine rings is 1. The number of carbonyl (C=O) groups is 1. The van der Waals surface area contributed by atoms with E-state index >= 15 is 0 Å². The first kappa shape index (κ1) is 22.8. The zero-order valence-corrected chi connectivity index (χ0v) is 20.2. The molecule has 2 aromatic carbocycles. The number of tetrazole rings is 1. The quantitative estimate of drug-likeness (QED) is 0.385. The van der Waals surface area contributed by atoms with Crippen LogP contribution in [0.3, 0.4) is 0 Å². The van der Waals surface area contributed by atoms with Gasteiger partial charge in [-0.3, -0.25) is 9.78 Å². The van der Waals surface area contributed by atoms with Crippen LogP contribution in [-0.4, -0.2) is 58.7 Å². The van der Waals surface area contributed by atoms with Crippen molar-refractivity contribution in [2.75, 3.05) is 6.54 Å². The number of aromatic amines is 1. The normalized spacial score (nSPS) is 17.4. The fourth-order valence-electron chi connectivity index (χ4n) is 4.65. The average Bonchev–Trinajstić information content (AvgIpc) is 3.62. The van der Waals surface area contributed by atoms with Crippen LogP contribution in [0.25, 0.3) is 33.9 Å². The van der Waals surface area contributed by atoms with Gasteiger partial charge in [-0.2, -0.15) is 4.80 Å². The number of benzene rings is 2. The third kappa shape index (κ3) is 4.39. The van der Waals surface area contributed by atoms with Crippen molar-refractivity contribution in [3.05, 3.63) is 66.4 Å². The lowest BCUT2D eigenvalue weighted by Crippen LogP contribution is -2.29. The van der Waals surface area contributed by atoms with Gasteiger partial charge in [0.15, 0.2) is 5.82 Å². The summed E-state index contributed by atoms with van der Waals surface area (Å²) in [6, 6.07) is 16.1. The predicted octanol–water partition coefficient (Wildman–Crippen LogP) is 4.24. The molecule has 3 aromatic heterocycles. The number of rotatable bonds is 5. The maximum atomic E-state index is 14.5. The highest BCUT2D eigenvalue weighted by atomic mass is 19.1. The number of carbonyl (C=O) groups excluding carboxylic acids is 1. The maximum Gasteiger partial charge on any atom is 0.220 e. The molecule has 186 valence electrons. The minimum atomic E-state index is -1.11. The second-order valence-corrected chi connectivity index (χ2v) is 8.96. The summed E-state index contributed by atoms with van der Waals surface area (Å²) in [6.07, 6.45) is 0.787. The minimum Gasteiger partial charge on any atom is -0.457 e. The Labute approximate surface area is 211 Å². The van der Waals surface area contributed by atoms with Crippen molar-refractivity contribution in [2.24, 2.45) is 7.05 Å². The summed E-state index contributed by atoms with van der Waals surface area (Å²) in [7, 11) is 1.70. The second-order valence-electron chi connectivity index (χ2n) is 8.96. The molecule has 10 nitrogen and oxygen atoms in total. The number of imidazole rings is 1. The number of ether oxygens (including phenoxy) is 1. The standard InChI is InChI=1S/C26H23FN8O2/c1-15(36)35-14-17(27)11-23(35)19-12-21-22(30-26(29-21)20-5-3-4-10-28-20)13-24(19)37-18-8-6-16(7-9-18)25-31-33-34(2)32-25/h3-10,12-13,17,23H,11,14H2,1-2H3,(H,29,30)/t17-,23-/m1/s1. The number of halogens is 1. The highest BCUT2D eigenvalue weighted by molar-refractivity contribution is 5.82. The SMILES string of the molecule is CC(=O)N1C[C@H](F)C[C@@H]1c1cc2[nH]c(-c3ccccn3)nc2cc1Oc1ccc(-c2nnn(C)n2)cc1. The zero-order chi connectivity index (χ0) is 25.5. The molecule has 4 heterocycles. The molecule has 1 N–H and O–H groups in total. The molecule has 0 radical (unpaired) electrons. The molecular formula is C26H23FN8O2. The van der Waals surface area contributed by atoms with Gasteiger partial charge in [0.1, 0.15) is 23.4 Å². The number of H-pyrrole nitrogens is 1. The van der Waals surface area contributed by atoms with Crippen LogP contribution in [0.15, 0.2) is 60.8 Å². The Balaban J connectivity index is 1.41. The lowest BCUT2D eigenvalue weighted by atomic mass is 10.0. The molecule has 1 saturated heterocycles. The average molecular weight is 499 g/mol. The molecule has 5 aromatic rings. The van der Waals surface area contributed by atoms with Crippen LogP contribution < -0.4 is 4.74 Å². The van der Waals surface area contributed by atoms with E-state index in [0.29, 0.717) is 39.9 Å². The van der Waals surface area contributed by atoms with Crippen molar-refractivity contribution in [2.45, 2.75) is 25.6 Å². The molecule has 1 amide bonds. The summed E-state index contributed by atoms with van der Waals surface area (Å²) in [5.74, 6) is 2.00.